The molecule has 2 aromatic carbocycles. The second-order valence-corrected chi connectivity index (χ2v) is 23.8. The number of aliphatic hydroxyl groups is 2. The van der Waals surface area contributed by atoms with Gasteiger partial charge in [-0.2, -0.15) is 0 Å². The summed E-state index contributed by atoms with van der Waals surface area (Å²) in [6.45, 7) is 20.1. The average molecular weight is 807 g/mol. The van der Waals surface area contributed by atoms with Gasteiger partial charge in [-0.25, -0.2) is 0 Å². The van der Waals surface area contributed by atoms with E-state index in [0.717, 1.165) is 29.5 Å². The number of fused-ring (bicyclic) bond motifs is 2. The first kappa shape index (κ1) is 43.1. The zero-order valence-corrected chi connectivity index (χ0v) is 36.9. The molecule has 7 rings (SSSR count). The fraction of sp³-hybridized carbons (Fsp3) is 0.702. The van der Waals surface area contributed by atoms with Crippen molar-refractivity contribution in [2.45, 2.75) is 171 Å². The van der Waals surface area contributed by atoms with Crippen LogP contribution < -0.4 is 0 Å². The number of hydrogen-bond acceptors (Lipinski definition) is 9. The molecular weight excluding hydrogens is 737 g/mol. The predicted octanol–water partition coefficient (Wildman–Crippen LogP) is 8.86. The molecule has 316 valence electrons. The van der Waals surface area contributed by atoms with Crippen molar-refractivity contribution in [1.29, 1.82) is 0 Å². The Morgan fingerprint density at radius 1 is 0.789 bits per heavy atom. The molecule has 2 aromatic rings. The molecule has 5 fully saturated rings. The van der Waals surface area contributed by atoms with Gasteiger partial charge < -0.3 is 43.1 Å². The number of methoxy groups -OCH3 is 1. The van der Waals surface area contributed by atoms with Crippen LogP contribution in [0.3, 0.4) is 0 Å². The summed E-state index contributed by atoms with van der Waals surface area (Å²) in [6.07, 6.45) is 5.04. The molecule has 0 spiro atoms. The van der Waals surface area contributed by atoms with E-state index in [2.05, 4.69) is 39.1 Å². The highest BCUT2D eigenvalue weighted by atomic mass is 28.4. The smallest absolute Gasteiger partial charge is 0.190 e. The third kappa shape index (κ3) is 7.36. The Balaban J connectivity index is 1.53. The van der Waals surface area contributed by atoms with Gasteiger partial charge in [0.2, 0.25) is 0 Å². The molecule has 0 radical (unpaired) electrons. The van der Waals surface area contributed by atoms with E-state index >= 15 is 0 Å². The Kier molecular flexibility index (Phi) is 12.2. The third-order valence-electron chi connectivity index (χ3n) is 15.1. The molecule has 5 aliphatic rings. The van der Waals surface area contributed by atoms with Crippen LogP contribution in [0.2, 0.25) is 18.6 Å². The summed E-state index contributed by atoms with van der Waals surface area (Å²) in [5.41, 5.74) is -3.39. The summed E-state index contributed by atoms with van der Waals surface area (Å²) < 4.78 is 49.2. The minimum Gasteiger partial charge on any atom is -0.408 e. The van der Waals surface area contributed by atoms with Gasteiger partial charge in [0.15, 0.2) is 14.1 Å². The van der Waals surface area contributed by atoms with Crippen LogP contribution in [-0.2, 0) is 46.1 Å². The molecule has 4 saturated carbocycles. The molecule has 0 amide bonds. The van der Waals surface area contributed by atoms with Crippen molar-refractivity contribution in [3.05, 3.63) is 83.9 Å². The van der Waals surface area contributed by atoms with Crippen LogP contribution in [0.25, 0.3) is 0 Å². The first-order valence-corrected chi connectivity index (χ1v) is 24.5. The SMILES string of the molecule is C=C1CC[C@@H]2OC(C)(C)O[C@@H]3[C@@H](OCc4ccccc4)[C@]4(O)C(C)(C)[C@@](O[Si](C)(C)C5CCCCC5)(CC[C@@]4(C)O)[C@@H](OCc4ccccc4)[C@H]1[C@@]23COCOC. The summed E-state index contributed by atoms with van der Waals surface area (Å²) in [5.74, 6) is -1.47. The van der Waals surface area contributed by atoms with Crippen LogP contribution in [0, 0.1) is 16.7 Å². The van der Waals surface area contributed by atoms with Gasteiger partial charge in [0.1, 0.15) is 24.6 Å². The van der Waals surface area contributed by atoms with Crippen LogP contribution in [0.5, 0.6) is 0 Å². The number of benzene rings is 2. The van der Waals surface area contributed by atoms with E-state index in [1.807, 2.05) is 62.4 Å². The Labute approximate surface area is 342 Å². The lowest BCUT2D eigenvalue weighted by Gasteiger charge is -2.74. The molecule has 9 nitrogen and oxygen atoms in total. The molecule has 4 aliphatic carbocycles. The van der Waals surface area contributed by atoms with Crippen LogP contribution in [-0.4, -0.2) is 86.0 Å². The normalized spacial score (nSPS) is 37.9. The minimum absolute atomic E-state index is 0.0472. The maximum Gasteiger partial charge on any atom is 0.190 e. The second-order valence-electron chi connectivity index (χ2n) is 19.6. The van der Waals surface area contributed by atoms with Crippen molar-refractivity contribution < 1.29 is 43.1 Å². The highest BCUT2D eigenvalue weighted by molar-refractivity contribution is 6.72. The minimum atomic E-state index is -2.57. The number of ether oxygens (including phenoxy) is 6. The van der Waals surface area contributed by atoms with Crippen molar-refractivity contribution in [2.24, 2.45) is 16.7 Å². The Morgan fingerprint density at radius 2 is 1.39 bits per heavy atom. The summed E-state index contributed by atoms with van der Waals surface area (Å²) in [5, 5.41) is 27.3. The summed E-state index contributed by atoms with van der Waals surface area (Å²) >= 11 is 0. The second kappa shape index (κ2) is 16.1. The molecule has 1 heterocycles. The lowest BCUT2D eigenvalue weighted by Crippen LogP contribution is -2.87. The molecule has 0 aromatic heterocycles. The molecule has 0 unspecified atom stereocenters. The lowest BCUT2D eigenvalue weighted by atomic mass is 9.41. The Bertz CT molecular complexity index is 1680. The maximum absolute atomic E-state index is 14.3. The highest BCUT2D eigenvalue weighted by Gasteiger charge is 2.81. The summed E-state index contributed by atoms with van der Waals surface area (Å²) in [6, 6.07) is 20.3. The zero-order chi connectivity index (χ0) is 40.9. The van der Waals surface area contributed by atoms with E-state index in [1.165, 1.54) is 19.3 Å². The van der Waals surface area contributed by atoms with Crippen molar-refractivity contribution in [2.75, 3.05) is 20.5 Å². The van der Waals surface area contributed by atoms with Gasteiger partial charge >= 0.3 is 0 Å². The fourth-order valence-corrected chi connectivity index (χ4v) is 15.5. The van der Waals surface area contributed by atoms with Gasteiger partial charge in [-0.05, 0) is 76.2 Å². The van der Waals surface area contributed by atoms with Gasteiger partial charge in [-0.3, -0.25) is 0 Å². The number of hydrogen-bond donors (Lipinski definition) is 2. The molecule has 57 heavy (non-hydrogen) atoms. The standard InChI is InChI=1S/C47H70O9Si/c1-33-25-26-37-45(31-51-32-50-7)38(33)39(52-29-34-19-13-10-14-20-34)46(56-57(8,9)36-23-17-12-18-24-36)28-27-44(6,48)47(49,42(46,2)3)41(40(45)55-43(4,5)54-37)53-30-35-21-15-11-16-22-35/h10-11,13-16,19-22,36-41,48-49H,1,12,17-18,23-32H2,2-9H3/t37-,38-,39-,40+,41+,44+,45+,46+,47-/m0/s1. The molecule has 2 bridgehead atoms. The molecule has 1 saturated heterocycles. The Hall–Kier alpha value is -1.96. The van der Waals surface area contributed by atoms with Crippen molar-refractivity contribution in [1.82, 2.24) is 0 Å². The Morgan fingerprint density at radius 3 is 1.98 bits per heavy atom. The topological polar surface area (TPSA) is 105 Å². The van der Waals surface area contributed by atoms with E-state index in [-0.39, 0.29) is 26.4 Å². The van der Waals surface area contributed by atoms with Crippen molar-refractivity contribution in [3.63, 3.8) is 0 Å². The molecular formula is C47H70O9Si. The average Bonchev–Trinajstić information content (AvgIpc) is 3.18. The van der Waals surface area contributed by atoms with Gasteiger partial charge in [-0.1, -0.05) is 119 Å². The van der Waals surface area contributed by atoms with Gasteiger partial charge in [0, 0.05) is 18.4 Å². The molecule has 9 atom stereocenters. The summed E-state index contributed by atoms with van der Waals surface area (Å²) in [7, 11) is -0.951. The van der Waals surface area contributed by atoms with Crippen molar-refractivity contribution >= 4 is 8.32 Å². The lowest BCUT2D eigenvalue weighted by molar-refractivity contribution is -0.432. The van der Waals surface area contributed by atoms with Gasteiger partial charge in [-0.15, -0.1) is 0 Å². The third-order valence-corrected chi connectivity index (χ3v) is 18.5. The van der Waals surface area contributed by atoms with E-state index in [9.17, 15) is 10.2 Å². The van der Waals surface area contributed by atoms with Gasteiger partial charge in [0.25, 0.3) is 0 Å². The zero-order valence-electron chi connectivity index (χ0n) is 35.9. The maximum atomic E-state index is 14.3. The monoisotopic (exact) mass is 806 g/mol. The predicted molar refractivity (Wildman–Crippen MR) is 223 cm³/mol. The fourth-order valence-electron chi connectivity index (χ4n) is 12.2. The van der Waals surface area contributed by atoms with E-state index in [4.69, 9.17) is 39.4 Å². The van der Waals surface area contributed by atoms with Crippen LogP contribution in [0.1, 0.15) is 104 Å². The molecule has 2 N–H and O–H groups in total. The number of rotatable bonds is 13. The van der Waals surface area contributed by atoms with E-state index in [1.54, 1.807) is 14.0 Å². The van der Waals surface area contributed by atoms with Crippen LogP contribution in [0.4, 0.5) is 0 Å². The largest absolute Gasteiger partial charge is 0.408 e. The molecule has 10 heteroatoms. The van der Waals surface area contributed by atoms with E-state index < -0.39 is 72.1 Å². The first-order chi connectivity index (χ1) is 27.0. The highest BCUT2D eigenvalue weighted by Crippen LogP contribution is 2.69. The quantitative estimate of drug-likeness (QED) is 0.0890. The van der Waals surface area contributed by atoms with Crippen LogP contribution in [0.15, 0.2) is 72.8 Å². The summed E-state index contributed by atoms with van der Waals surface area (Å²) in [4.78, 5) is 0. The van der Waals surface area contributed by atoms with Crippen LogP contribution >= 0.6 is 0 Å². The van der Waals surface area contributed by atoms with Crippen molar-refractivity contribution in [3.8, 4) is 0 Å². The van der Waals surface area contributed by atoms with Gasteiger partial charge in [0.05, 0.1) is 48.6 Å². The molecule has 1 aliphatic heterocycles. The first-order valence-electron chi connectivity index (χ1n) is 21.5. The van der Waals surface area contributed by atoms with E-state index in [0.29, 0.717) is 31.4 Å².